The second-order valence-corrected chi connectivity index (χ2v) is 9.26. The molecule has 0 aromatic heterocycles. The third kappa shape index (κ3) is 5.52. The number of sulfonamides is 1. The molecule has 174 valence electrons. The molecule has 0 aliphatic carbocycles. The summed E-state index contributed by atoms with van der Waals surface area (Å²) in [5, 5.41) is 2.28. The Bertz CT molecular complexity index is 1050. The second kappa shape index (κ2) is 9.78. The van der Waals surface area contributed by atoms with Gasteiger partial charge in [0.25, 0.3) is 5.91 Å². The highest BCUT2D eigenvalue weighted by Crippen LogP contribution is 2.32. The first-order valence-corrected chi connectivity index (χ1v) is 11.5. The summed E-state index contributed by atoms with van der Waals surface area (Å²) in [6.45, 7) is 1.15. The molecule has 2 aromatic carbocycles. The van der Waals surface area contributed by atoms with E-state index in [0.717, 1.165) is 17.8 Å². The third-order valence-corrected chi connectivity index (χ3v) is 7.05. The topological polar surface area (TPSA) is 79.0 Å². The molecule has 1 aliphatic heterocycles. The first-order chi connectivity index (χ1) is 15.1. The van der Waals surface area contributed by atoms with Crippen LogP contribution in [-0.4, -0.2) is 64.2 Å². The fourth-order valence-corrected chi connectivity index (χ4v) is 4.88. The van der Waals surface area contributed by atoms with E-state index in [0.29, 0.717) is 18.8 Å². The van der Waals surface area contributed by atoms with Crippen LogP contribution in [0.5, 0.6) is 5.75 Å². The fraction of sp³-hybridized carbons (Fsp3) is 0.381. The molecule has 1 amide bonds. The number of anilines is 1. The lowest BCUT2D eigenvalue weighted by molar-refractivity contribution is -0.137. The van der Waals surface area contributed by atoms with Crippen LogP contribution in [0, 0.1) is 0 Å². The number of nitrogens with one attached hydrogen (secondary N) is 1. The zero-order chi connectivity index (χ0) is 23.4. The van der Waals surface area contributed by atoms with Crippen LogP contribution in [0.4, 0.5) is 18.9 Å². The van der Waals surface area contributed by atoms with Crippen LogP contribution >= 0.6 is 0 Å². The van der Waals surface area contributed by atoms with Gasteiger partial charge < -0.3 is 15.0 Å². The molecule has 3 rings (SSSR count). The normalized spacial score (nSPS) is 15.4. The van der Waals surface area contributed by atoms with E-state index in [1.165, 1.54) is 16.4 Å². The van der Waals surface area contributed by atoms with E-state index >= 15 is 0 Å². The Morgan fingerprint density at radius 1 is 1.03 bits per heavy atom. The molecule has 2 aromatic rings. The number of methoxy groups -OCH3 is 1. The molecule has 0 unspecified atom stereocenters. The zero-order valence-electron chi connectivity index (χ0n) is 17.4. The monoisotopic (exact) mass is 471 g/mol. The number of carbonyl (C=O) groups excluding carboxylic acids is 1. The third-order valence-electron chi connectivity index (χ3n) is 5.18. The molecule has 1 fully saturated rings. The number of para-hydroxylation sites is 2. The van der Waals surface area contributed by atoms with Crippen LogP contribution in [0.15, 0.2) is 48.5 Å². The number of hydrogen-bond donors (Lipinski definition) is 1. The molecule has 0 bridgehead atoms. The lowest BCUT2D eigenvalue weighted by Gasteiger charge is -2.36. The van der Waals surface area contributed by atoms with Gasteiger partial charge in [0.15, 0.2) is 0 Å². The molecule has 1 N–H and O–H groups in total. The van der Waals surface area contributed by atoms with Gasteiger partial charge in [-0.25, -0.2) is 8.42 Å². The highest BCUT2D eigenvalue weighted by molar-refractivity contribution is 7.89. The van der Waals surface area contributed by atoms with Crippen molar-refractivity contribution in [1.82, 2.24) is 9.62 Å². The van der Waals surface area contributed by atoms with Gasteiger partial charge in [-0.05, 0) is 24.3 Å². The van der Waals surface area contributed by atoms with Crippen molar-refractivity contribution in [2.75, 3.05) is 50.5 Å². The number of amides is 1. The average molecular weight is 472 g/mol. The van der Waals surface area contributed by atoms with E-state index in [1.54, 1.807) is 7.11 Å². The highest BCUT2D eigenvalue weighted by Gasteiger charge is 2.35. The Balaban J connectivity index is 1.55. The van der Waals surface area contributed by atoms with Gasteiger partial charge in [-0.3, -0.25) is 4.79 Å². The molecule has 0 saturated carbocycles. The number of carbonyl (C=O) groups is 1. The van der Waals surface area contributed by atoms with Gasteiger partial charge in [-0.1, -0.05) is 24.3 Å². The Kier molecular flexibility index (Phi) is 7.29. The smallest absolute Gasteiger partial charge is 0.417 e. The first kappa shape index (κ1) is 23.9. The lowest BCUT2D eigenvalue weighted by atomic mass is 10.1. The van der Waals surface area contributed by atoms with Crippen molar-refractivity contribution >= 4 is 21.6 Å². The molecule has 7 nitrogen and oxygen atoms in total. The molecule has 1 aliphatic rings. The largest absolute Gasteiger partial charge is 0.495 e. The summed E-state index contributed by atoms with van der Waals surface area (Å²) in [6, 6.07) is 11.8. The second-order valence-electron chi connectivity index (χ2n) is 7.17. The number of benzene rings is 2. The Labute approximate surface area is 184 Å². The van der Waals surface area contributed by atoms with E-state index in [4.69, 9.17) is 4.74 Å². The lowest BCUT2D eigenvalue weighted by Crippen LogP contribution is -2.50. The maximum atomic E-state index is 13.1. The van der Waals surface area contributed by atoms with Crippen molar-refractivity contribution in [3.8, 4) is 5.75 Å². The molecular formula is C21H24F3N3O4S. The molecule has 0 spiro atoms. The van der Waals surface area contributed by atoms with Gasteiger partial charge in [0.05, 0.1) is 29.7 Å². The molecule has 0 atom stereocenters. The zero-order valence-corrected chi connectivity index (χ0v) is 18.2. The molecule has 1 heterocycles. The number of rotatable bonds is 7. The van der Waals surface area contributed by atoms with Crippen LogP contribution in [0.25, 0.3) is 0 Å². The van der Waals surface area contributed by atoms with Gasteiger partial charge in [0.2, 0.25) is 10.0 Å². The van der Waals surface area contributed by atoms with E-state index in [9.17, 15) is 26.4 Å². The molecule has 1 saturated heterocycles. The minimum Gasteiger partial charge on any atom is -0.495 e. The summed E-state index contributed by atoms with van der Waals surface area (Å²) < 4.78 is 71.2. The van der Waals surface area contributed by atoms with Crippen molar-refractivity contribution in [3.63, 3.8) is 0 Å². The van der Waals surface area contributed by atoms with Crippen molar-refractivity contribution < 1.29 is 31.1 Å². The Morgan fingerprint density at radius 3 is 2.31 bits per heavy atom. The summed E-state index contributed by atoms with van der Waals surface area (Å²) in [7, 11) is -2.11. The molecular weight excluding hydrogens is 447 g/mol. The number of hydrogen-bond acceptors (Lipinski definition) is 5. The quantitative estimate of drug-likeness (QED) is 0.672. The average Bonchev–Trinajstić information content (AvgIpc) is 2.78. The summed E-state index contributed by atoms with van der Waals surface area (Å²) in [4.78, 5) is 14.2. The SMILES string of the molecule is COc1ccccc1N1CCN(S(=O)(=O)CCNC(=O)c2ccccc2C(F)(F)F)CC1. The van der Waals surface area contributed by atoms with Gasteiger partial charge in [0, 0.05) is 32.7 Å². The number of nitrogens with zero attached hydrogens (tertiary/aromatic N) is 2. The van der Waals surface area contributed by atoms with Crippen molar-refractivity contribution in [2.24, 2.45) is 0 Å². The van der Waals surface area contributed by atoms with Crippen molar-refractivity contribution in [1.29, 1.82) is 0 Å². The highest BCUT2D eigenvalue weighted by atomic mass is 32.2. The van der Waals surface area contributed by atoms with E-state index in [2.05, 4.69) is 5.32 Å². The molecule has 11 heteroatoms. The minimum atomic E-state index is -4.68. The maximum absolute atomic E-state index is 13.1. The minimum absolute atomic E-state index is 0.255. The summed E-state index contributed by atoms with van der Waals surface area (Å²) in [6.07, 6.45) is -4.68. The Hall–Kier alpha value is -2.79. The molecule has 0 radical (unpaired) electrons. The van der Waals surface area contributed by atoms with Crippen molar-refractivity contribution in [3.05, 3.63) is 59.7 Å². The van der Waals surface area contributed by atoms with Crippen LogP contribution < -0.4 is 15.0 Å². The predicted molar refractivity (Wildman–Crippen MR) is 114 cm³/mol. The summed E-state index contributed by atoms with van der Waals surface area (Å²) in [5.74, 6) is -0.665. The van der Waals surface area contributed by atoms with Gasteiger partial charge in [-0.15, -0.1) is 0 Å². The van der Waals surface area contributed by atoms with Crippen LogP contribution in [0.2, 0.25) is 0 Å². The first-order valence-electron chi connectivity index (χ1n) is 9.93. The van der Waals surface area contributed by atoms with E-state index in [-0.39, 0.29) is 19.6 Å². The number of piperazine rings is 1. The van der Waals surface area contributed by atoms with Crippen molar-refractivity contribution in [2.45, 2.75) is 6.18 Å². The van der Waals surface area contributed by atoms with Gasteiger partial charge in [-0.2, -0.15) is 17.5 Å². The maximum Gasteiger partial charge on any atom is 0.417 e. The molecule has 32 heavy (non-hydrogen) atoms. The van der Waals surface area contributed by atoms with Gasteiger partial charge in [0.1, 0.15) is 5.75 Å². The summed E-state index contributed by atoms with van der Waals surface area (Å²) >= 11 is 0. The van der Waals surface area contributed by atoms with Crippen LogP contribution in [0.1, 0.15) is 15.9 Å². The van der Waals surface area contributed by atoms with E-state index in [1.807, 2.05) is 29.2 Å². The number of alkyl halides is 3. The number of ether oxygens (including phenoxy) is 1. The van der Waals surface area contributed by atoms with E-state index < -0.39 is 39.0 Å². The Morgan fingerprint density at radius 2 is 1.66 bits per heavy atom. The van der Waals surface area contributed by atoms with Gasteiger partial charge >= 0.3 is 6.18 Å². The van der Waals surface area contributed by atoms with Crippen LogP contribution in [-0.2, 0) is 16.2 Å². The number of halogens is 3. The predicted octanol–water partition coefficient (Wildman–Crippen LogP) is 2.60. The standard InChI is InChI=1S/C21H24F3N3O4S/c1-31-19-9-5-4-8-18(19)26-11-13-27(14-12-26)32(29,30)15-10-25-20(28)16-6-2-3-7-17(16)21(22,23)24/h2-9H,10-15H2,1H3,(H,25,28). The fourth-order valence-electron chi connectivity index (χ4n) is 3.54. The summed E-state index contributed by atoms with van der Waals surface area (Å²) in [5.41, 5.74) is -0.724. The van der Waals surface area contributed by atoms with Crippen LogP contribution in [0.3, 0.4) is 0 Å².